The molecule has 0 amide bonds. The number of rotatable bonds is 1. The smallest absolute Gasteiger partial charge is 0.335 e. The summed E-state index contributed by atoms with van der Waals surface area (Å²) < 4.78 is 4.61. The van der Waals surface area contributed by atoms with Gasteiger partial charge < -0.3 is 10.1 Å². The van der Waals surface area contributed by atoms with Gasteiger partial charge in [-0.1, -0.05) is 0 Å². The van der Waals surface area contributed by atoms with Gasteiger partial charge in [0.25, 0.3) is 0 Å². The van der Waals surface area contributed by atoms with E-state index < -0.39 is 0 Å². The quantitative estimate of drug-likeness (QED) is 0.560. The minimum Gasteiger partial charge on any atom is -0.466 e. The molecule has 0 bridgehead atoms. The van der Waals surface area contributed by atoms with Gasteiger partial charge in [-0.2, -0.15) is 0 Å². The molecule has 0 radical (unpaired) electrons. The molecule has 2 aliphatic rings. The summed E-state index contributed by atoms with van der Waals surface area (Å²) >= 11 is 0. The topological polar surface area (TPSA) is 38.3 Å². The van der Waals surface area contributed by atoms with E-state index in [2.05, 4.69) is 10.1 Å². The Bertz CT molecular complexity index is 228. The van der Waals surface area contributed by atoms with E-state index in [0.29, 0.717) is 0 Å². The van der Waals surface area contributed by atoms with Crippen LogP contribution in [0.1, 0.15) is 19.3 Å². The van der Waals surface area contributed by atoms with Crippen molar-refractivity contribution in [3.05, 3.63) is 11.8 Å². The van der Waals surface area contributed by atoms with E-state index in [4.69, 9.17) is 0 Å². The monoisotopic (exact) mass is 153 g/mol. The second-order valence-electron chi connectivity index (χ2n) is 3.26. The maximum absolute atomic E-state index is 11.0. The Morgan fingerprint density at radius 1 is 1.73 bits per heavy atom. The van der Waals surface area contributed by atoms with Gasteiger partial charge in [0.15, 0.2) is 0 Å². The number of methoxy groups -OCH3 is 1. The fraction of sp³-hybridized carbons (Fsp3) is 0.625. The van der Waals surface area contributed by atoms with Crippen molar-refractivity contribution < 1.29 is 9.53 Å². The van der Waals surface area contributed by atoms with Crippen LogP contribution in [0.25, 0.3) is 0 Å². The minimum absolute atomic E-state index is 0.193. The molecule has 1 aliphatic heterocycles. The third kappa shape index (κ3) is 1.00. The molecule has 11 heavy (non-hydrogen) atoms. The van der Waals surface area contributed by atoms with Gasteiger partial charge in [0.2, 0.25) is 0 Å². The van der Waals surface area contributed by atoms with Crippen molar-refractivity contribution in [2.24, 2.45) is 0 Å². The van der Waals surface area contributed by atoms with E-state index in [-0.39, 0.29) is 11.5 Å². The van der Waals surface area contributed by atoms with Crippen LogP contribution in [0.3, 0.4) is 0 Å². The molecule has 2 rings (SSSR count). The average Bonchev–Trinajstić information content (AvgIpc) is 2.61. The summed E-state index contributed by atoms with van der Waals surface area (Å²) in [6, 6.07) is 0. The zero-order chi connectivity index (χ0) is 7.90. The normalized spacial score (nSPS) is 24.3. The van der Waals surface area contributed by atoms with Crippen molar-refractivity contribution in [3.63, 3.8) is 0 Å². The number of carbonyl (C=O) groups is 1. The van der Waals surface area contributed by atoms with E-state index in [1.807, 2.05) is 0 Å². The van der Waals surface area contributed by atoms with Gasteiger partial charge in [-0.15, -0.1) is 0 Å². The van der Waals surface area contributed by atoms with Gasteiger partial charge in [0.05, 0.1) is 12.7 Å². The van der Waals surface area contributed by atoms with Gasteiger partial charge in [0.1, 0.15) is 0 Å². The van der Waals surface area contributed by atoms with E-state index in [9.17, 15) is 4.79 Å². The summed E-state index contributed by atoms with van der Waals surface area (Å²) in [4.78, 5) is 11.0. The second-order valence-corrected chi connectivity index (χ2v) is 3.26. The van der Waals surface area contributed by atoms with E-state index in [0.717, 1.165) is 12.0 Å². The Morgan fingerprint density at radius 3 is 2.91 bits per heavy atom. The summed E-state index contributed by atoms with van der Waals surface area (Å²) in [5, 5.41) is 3.21. The lowest BCUT2D eigenvalue weighted by Gasteiger charge is -2.05. The molecule has 0 aromatic heterocycles. The van der Waals surface area contributed by atoms with Gasteiger partial charge in [-0.3, -0.25) is 0 Å². The van der Waals surface area contributed by atoms with Gasteiger partial charge in [-0.05, 0) is 12.8 Å². The first kappa shape index (κ1) is 6.70. The van der Waals surface area contributed by atoms with Gasteiger partial charge in [-0.25, -0.2) is 4.79 Å². The summed E-state index contributed by atoms with van der Waals surface area (Å²) in [6.07, 6.45) is 5.01. The average molecular weight is 153 g/mol. The van der Waals surface area contributed by atoms with Crippen LogP contribution < -0.4 is 5.32 Å². The molecular weight excluding hydrogens is 142 g/mol. The zero-order valence-corrected chi connectivity index (χ0v) is 6.52. The Labute approximate surface area is 65.4 Å². The van der Waals surface area contributed by atoms with Crippen molar-refractivity contribution in [1.82, 2.24) is 5.32 Å². The maximum atomic E-state index is 11.0. The third-order valence-electron chi connectivity index (χ3n) is 2.38. The Balaban J connectivity index is 2.02. The summed E-state index contributed by atoms with van der Waals surface area (Å²) in [6.45, 7) is 0. The molecule has 1 N–H and O–H groups in total. The first-order valence-electron chi connectivity index (χ1n) is 3.81. The molecular formula is C8H11NO2. The molecule has 1 saturated carbocycles. The fourth-order valence-electron chi connectivity index (χ4n) is 1.44. The van der Waals surface area contributed by atoms with Crippen LogP contribution in [0.5, 0.6) is 0 Å². The molecule has 1 spiro atoms. The van der Waals surface area contributed by atoms with Crippen LogP contribution in [0.15, 0.2) is 11.8 Å². The number of hydrogen-bond donors (Lipinski definition) is 1. The van der Waals surface area contributed by atoms with Gasteiger partial charge in [0, 0.05) is 18.2 Å². The summed E-state index contributed by atoms with van der Waals surface area (Å²) in [7, 11) is 1.42. The number of hydrogen-bond acceptors (Lipinski definition) is 3. The van der Waals surface area contributed by atoms with Crippen molar-refractivity contribution >= 4 is 5.97 Å². The lowest BCUT2D eigenvalue weighted by Crippen LogP contribution is -2.20. The Morgan fingerprint density at radius 2 is 2.45 bits per heavy atom. The van der Waals surface area contributed by atoms with E-state index in [1.54, 1.807) is 6.20 Å². The standard InChI is InChI=1S/C8H11NO2/c1-11-7(10)6-4-8(2-3-8)9-5-6/h5,9H,2-4H2,1H3. The second kappa shape index (κ2) is 2.00. The largest absolute Gasteiger partial charge is 0.466 e. The molecule has 0 saturated heterocycles. The molecule has 1 fully saturated rings. The minimum atomic E-state index is -0.193. The molecule has 0 aromatic carbocycles. The molecule has 0 unspecified atom stereocenters. The predicted octanol–water partition coefficient (Wildman–Crippen LogP) is 0.569. The zero-order valence-electron chi connectivity index (χ0n) is 6.52. The molecule has 60 valence electrons. The van der Waals surface area contributed by atoms with Crippen LogP contribution in [0.2, 0.25) is 0 Å². The highest BCUT2D eigenvalue weighted by Crippen LogP contribution is 2.44. The van der Waals surface area contributed by atoms with E-state index >= 15 is 0 Å². The SMILES string of the molecule is COC(=O)C1=CNC2(CC2)C1. The van der Waals surface area contributed by atoms with Crippen LogP contribution >= 0.6 is 0 Å². The summed E-state index contributed by atoms with van der Waals surface area (Å²) in [5.41, 5.74) is 1.04. The molecule has 0 aromatic rings. The van der Waals surface area contributed by atoms with Crippen molar-refractivity contribution in [2.45, 2.75) is 24.8 Å². The number of nitrogens with one attached hydrogen (secondary N) is 1. The lowest BCUT2D eigenvalue weighted by atomic mass is 10.1. The van der Waals surface area contributed by atoms with Crippen molar-refractivity contribution in [1.29, 1.82) is 0 Å². The van der Waals surface area contributed by atoms with Crippen LogP contribution in [0.4, 0.5) is 0 Å². The van der Waals surface area contributed by atoms with Crippen LogP contribution in [-0.4, -0.2) is 18.6 Å². The Hall–Kier alpha value is -0.990. The third-order valence-corrected chi connectivity index (χ3v) is 2.38. The number of esters is 1. The Kier molecular flexibility index (Phi) is 1.22. The predicted molar refractivity (Wildman–Crippen MR) is 39.8 cm³/mol. The van der Waals surface area contributed by atoms with Crippen molar-refractivity contribution in [3.8, 4) is 0 Å². The fourth-order valence-corrected chi connectivity index (χ4v) is 1.44. The highest BCUT2D eigenvalue weighted by molar-refractivity contribution is 5.89. The van der Waals surface area contributed by atoms with E-state index in [1.165, 1.54) is 20.0 Å². The molecule has 3 nitrogen and oxygen atoms in total. The van der Waals surface area contributed by atoms with Gasteiger partial charge >= 0.3 is 5.97 Å². The van der Waals surface area contributed by atoms with Crippen molar-refractivity contribution in [2.75, 3.05) is 7.11 Å². The molecule has 3 heteroatoms. The highest BCUT2D eigenvalue weighted by Gasteiger charge is 2.46. The van der Waals surface area contributed by atoms with Crippen LogP contribution in [0, 0.1) is 0 Å². The molecule has 1 heterocycles. The summed E-state index contributed by atoms with van der Waals surface area (Å²) in [5.74, 6) is -0.193. The molecule has 0 atom stereocenters. The highest BCUT2D eigenvalue weighted by atomic mass is 16.5. The maximum Gasteiger partial charge on any atom is 0.335 e. The molecule has 1 aliphatic carbocycles. The number of ether oxygens (including phenoxy) is 1. The first-order chi connectivity index (χ1) is 5.26. The lowest BCUT2D eigenvalue weighted by molar-refractivity contribution is -0.136. The first-order valence-corrected chi connectivity index (χ1v) is 3.81. The van der Waals surface area contributed by atoms with Crippen LogP contribution in [-0.2, 0) is 9.53 Å². The number of carbonyl (C=O) groups excluding carboxylic acids is 1.